The number of hydrogen-bond acceptors (Lipinski definition) is 5. The van der Waals surface area contributed by atoms with Gasteiger partial charge in [-0.25, -0.2) is 8.42 Å². The van der Waals surface area contributed by atoms with Crippen LogP contribution in [0.15, 0.2) is 64.0 Å². The Kier molecular flexibility index (Phi) is 5.84. The van der Waals surface area contributed by atoms with Gasteiger partial charge in [0.05, 0.1) is 22.3 Å². The maximum atomic E-state index is 12.6. The molecule has 0 radical (unpaired) electrons. The molecular weight excluding hydrogens is 411 g/mol. The highest BCUT2D eigenvalue weighted by molar-refractivity contribution is 7.90. The van der Waals surface area contributed by atoms with Gasteiger partial charge in [0.1, 0.15) is 16.4 Å². The number of pyridine rings is 1. The summed E-state index contributed by atoms with van der Waals surface area (Å²) in [5, 5.41) is 2.71. The lowest BCUT2D eigenvalue weighted by Gasteiger charge is -2.07. The molecule has 2 aromatic heterocycles. The number of rotatable bonds is 6. The Balaban J connectivity index is 1.71. The first-order chi connectivity index (χ1) is 12.9. The fourth-order valence-electron chi connectivity index (χ4n) is 2.38. The van der Waals surface area contributed by atoms with Crippen molar-refractivity contribution in [3.63, 3.8) is 0 Å². The SMILES string of the molecule is O=C(NCc1ccccn1)c1ccc(CS(=O)(=O)c2c(Cl)cccc2Cl)o1. The first-order valence-corrected chi connectivity index (χ1v) is 10.2. The smallest absolute Gasteiger partial charge is 0.287 e. The molecule has 6 nitrogen and oxygen atoms in total. The molecule has 1 N–H and O–H groups in total. The zero-order chi connectivity index (χ0) is 19.4. The van der Waals surface area contributed by atoms with Crippen LogP contribution in [0.25, 0.3) is 0 Å². The minimum absolute atomic E-state index is 0.00128. The highest BCUT2D eigenvalue weighted by atomic mass is 35.5. The van der Waals surface area contributed by atoms with Gasteiger partial charge in [-0.2, -0.15) is 0 Å². The normalized spacial score (nSPS) is 11.3. The quantitative estimate of drug-likeness (QED) is 0.648. The van der Waals surface area contributed by atoms with Crippen LogP contribution in [0.5, 0.6) is 0 Å². The number of carbonyl (C=O) groups excluding carboxylic acids is 1. The van der Waals surface area contributed by atoms with E-state index in [1.807, 2.05) is 6.07 Å². The molecule has 0 aliphatic heterocycles. The minimum atomic E-state index is -3.84. The second-order valence-electron chi connectivity index (χ2n) is 5.58. The molecule has 3 rings (SSSR count). The lowest BCUT2D eigenvalue weighted by atomic mass is 10.3. The van der Waals surface area contributed by atoms with Crippen LogP contribution in [0.4, 0.5) is 0 Å². The van der Waals surface area contributed by atoms with Gasteiger partial charge in [-0.05, 0) is 36.4 Å². The summed E-state index contributed by atoms with van der Waals surface area (Å²) >= 11 is 11.9. The molecule has 3 aromatic rings. The monoisotopic (exact) mass is 424 g/mol. The lowest BCUT2D eigenvalue weighted by Crippen LogP contribution is -2.22. The zero-order valence-electron chi connectivity index (χ0n) is 13.9. The van der Waals surface area contributed by atoms with Crippen LogP contribution in [0, 0.1) is 0 Å². The number of amides is 1. The number of carbonyl (C=O) groups is 1. The molecule has 140 valence electrons. The molecule has 0 atom stereocenters. The van der Waals surface area contributed by atoms with E-state index in [1.54, 1.807) is 24.4 Å². The molecule has 0 saturated heterocycles. The standard InChI is InChI=1S/C18H14Cl2N2O4S/c19-14-5-3-6-15(20)17(14)27(24,25)11-13-7-8-16(26-13)18(23)22-10-12-4-1-2-9-21-12/h1-9H,10-11H2,(H,22,23). The van der Waals surface area contributed by atoms with Gasteiger partial charge in [-0.15, -0.1) is 0 Å². The van der Waals surface area contributed by atoms with Crippen molar-refractivity contribution in [3.8, 4) is 0 Å². The molecule has 0 spiro atoms. The Hall–Kier alpha value is -2.35. The van der Waals surface area contributed by atoms with Crippen molar-refractivity contribution < 1.29 is 17.6 Å². The van der Waals surface area contributed by atoms with Crippen molar-refractivity contribution in [1.82, 2.24) is 10.3 Å². The molecule has 2 heterocycles. The number of furan rings is 1. The van der Waals surface area contributed by atoms with Crippen LogP contribution in [0.2, 0.25) is 10.0 Å². The van der Waals surface area contributed by atoms with Gasteiger partial charge in [0.25, 0.3) is 5.91 Å². The summed E-state index contributed by atoms with van der Waals surface area (Å²) < 4.78 is 30.6. The zero-order valence-corrected chi connectivity index (χ0v) is 16.2. The van der Waals surface area contributed by atoms with Crippen LogP contribution in [-0.4, -0.2) is 19.3 Å². The fraction of sp³-hybridized carbons (Fsp3) is 0.111. The number of nitrogens with one attached hydrogen (secondary N) is 1. The Morgan fingerprint density at radius 3 is 2.44 bits per heavy atom. The third-order valence-electron chi connectivity index (χ3n) is 3.60. The van der Waals surface area contributed by atoms with Gasteiger partial charge in [-0.1, -0.05) is 35.3 Å². The Labute approximate surface area is 166 Å². The van der Waals surface area contributed by atoms with Crippen molar-refractivity contribution in [3.05, 3.63) is 82.0 Å². The van der Waals surface area contributed by atoms with Gasteiger partial charge < -0.3 is 9.73 Å². The number of benzene rings is 1. The highest BCUT2D eigenvalue weighted by Crippen LogP contribution is 2.31. The average Bonchev–Trinajstić information content (AvgIpc) is 3.08. The van der Waals surface area contributed by atoms with E-state index in [0.29, 0.717) is 5.69 Å². The van der Waals surface area contributed by atoms with E-state index in [4.69, 9.17) is 27.6 Å². The molecule has 9 heteroatoms. The number of sulfone groups is 1. The maximum absolute atomic E-state index is 12.6. The average molecular weight is 425 g/mol. The van der Waals surface area contributed by atoms with E-state index < -0.39 is 21.5 Å². The van der Waals surface area contributed by atoms with E-state index in [0.717, 1.165) is 0 Å². The summed E-state index contributed by atoms with van der Waals surface area (Å²) in [6.45, 7) is 0.225. The predicted octanol–water partition coefficient (Wildman–Crippen LogP) is 3.89. The van der Waals surface area contributed by atoms with Crippen LogP contribution in [0.3, 0.4) is 0 Å². The van der Waals surface area contributed by atoms with Crippen molar-refractivity contribution in [2.45, 2.75) is 17.2 Å². The van der Waals surface area contributed by atoms with Crippen molar-refractivity contribution >= 4 is 38.9 Å². The fourth-order valence-corrected chi connectivity index (χ4v) is 4.88. The summed E-state index contributed by atoms with van der Waals surface area (Å²) in [5.41, 5.74) is 0.688. The number of halogens is 2. The molecule has 0 saturated carbocycles. The number of hydrogen-bond donors (Lipinski definition) is 1. The van der Waals surface area contributed by atoms with E-state index in [1.165, 1.54) is 24.3 Å². The Morgan fingerprint density at radius 2 is 1.78 bits per heavy atom. The third-order valence-corrected chi connectivity index (χ3v) is 6.18. The third kappa shape index (κ3) is 4.68. The molecule has 0 aliphatic rings. The summed E-state index contributed by atoms with van der Waals surface area (Å²) in [6.07, 6.45) is 1.62. The Morgan fingerprint density at radius 1 is 1.04 bits per heavy atom. The van der Waals surface area contributed by atoms with Crippen LogP contribution < -0.4 is 5.32 Å². The van der Waals surface area contributed by atoms with Crippen molar-refractivity contribution in [2.24, 2.45) is 0 Å². The van der Waals surface area contributed by atoms with E-state index in [2.05, 4.69) is 10.3 Å². The van der Waals surface area contributed by atoms with Crippen LogP contribution in [-0.2, 0) is 22.1 Å². The molecule has 1 amide bonds. The van der Waals surface area contributed by atoms with Crippen molar-refractivity contribution in [2.75, 3.05) is 0 Å². The first-order valence-electron chi connectivity index (χ1n) is 7.80. The molecule has 0 unspecified atom stereocenters. The van der Waals surface area contributed by atoms with Gasteiger partial charge >= 0.3 is 0 Å². The summed E-state index contributed by atoms with van der Waals surface area (Å²) in [4.78, 5) is 16.1. The van der Waals surface area contributed by atoms with Crippen LogP contribution in [0.1, 0.15) is 22.0 Å². The van der Waals surface area contributed by atoms with Crippen molar-refractivity contribution in [1.29, 1.82) is 0 Å². The van der Waals surface area contributed by atoms with Gasteiger partial charge in [0.15, 0.2) is 15.6 Å². The van der Waals surface area contributed by atoms with Gasteiger partial charge in [-0.3, -0.25) is 9.78 Å². The summed E-state index contributed by atoms with van der Waals surface area (Å²) in [7, 11) is -3.84. The number of aromatic nitrogens is 1. The molecule has 0 fully saturated rings. The minimum Gasteiger partial charge on any atom is -0.455 e. The molecule has 0 bridgehead atoms. The predicted molar refractivity (Wildman–Crippen MR) is 101 cm³/mol. The largest absolute Gasteiger partial charge is 0.455 e. The van der Waals surface area contributed by atoms with E-state index in [9.17, 15) is 13.2 Å². The molecular formula is C18H14Cl2N2O4S. The molecule has 1 aromatic carbocycles. The second-order valence-corrected chi connectivity index (χ2v) is 8.32. The maximum Gasteiger partial charge on any atom is 0.287 e. The molecule has 0 aliphatic carbocycles. The van der Waals surface area contributed by atoms with Gasteiger partial charge in [0.2, 0.25) is 0 Å². The summed E-state index contributed by atoms with van der Waals surface area (Å²) in [6, 6.07) is 12.6. The van der Waals surface area contributed by atoms with Gasteiger partial charge in [0, 0.05) is 6.20 Å². The first kappa shape index (κ1) is 19.4. The summed E-state index contributed by atoms with van der Waals surface area (Å²) in [5.74, 6) is -0.834. The number of nitrogens with zero attached hydrogens (tertiary/aromatic N) is 1. The second kappa shape index (κ2) is 8.12. The van der Waals surface area contributed by atoms with E-state index >= 15 is 0 Å². The lowest BCUT2D eigenvalue weighted by molar-refractivity contribution is 0.0921. The topological polar surface area (TPSA) is 89.3 Å². The highest BCUT2D eigenvalue weighted by Gasteiger charge is 2.24. The Bertz CT molecular complexity index is 1050. The van der Waals surface area contributed by atoms with E-state index in [-0.39, 0.29) is 33.0 Å². The molecule has 27 heavy (non-hydrogen) atoms. The van der Waals surface area contributed by atoms with Crippen LogP contribution >= 0.6 is 23.2 Å².